The molecule has 2 aromatic rings. The molecule has 0 saturated carbocycles. The number of hydrogen-bond donors (Lipinski definition) is 2. The molecule has 100 valence electrons. The molecule has 2 rings (SSSR count). The predicted octanol–water partition coefficient (Wildman–Crippen LogP) is 4.68. The molecule has 0 aliphatic heterocycles. The minimum absolute atomic E-state index is 0.0540. The van der Waals surface area contributed by atoms with E-state index in [0.717, 1.165) is 6.07 Å². The summed E-state index contributed by atoms with van der Waals surface area (Å²) in [5.41, 5.74) is 5.54. The average Bonchev–Trinajstić information content (AvgIpc) is 2.32. The van der Waals surface area contributed by atoms with Gasteiger partial charge < -0.3 is 11.1 Å². The van der Waals surface area contributed by atoms with E-state index in [9.17, 15) is 13.2 Å². The first-order chi connectivity index (χ1) is 8.88. The SMILES string of the molecule is Nc1ccc(Nc2ccccc2C(F)(F)F)c(Cl)c1. The predicted molar refractivity (Wildman–Crippen MR) is 70.6 cm³/mol. The molecule has 0 saturated heterocycles. The summed E-state index contributed by atoms with van der Waals surface area (Å²) in [6.45, 7) is 0. The molecule has 2 aromatic carbocycles. The largest absolute Gasteiger partial charge is 0.418 e. The van der Waals surface area contributed by atoms with Gasteiger partial charge in [0.2, 0.25) is 0 Å². The standard InChI is InChI=1S/C13H10ClF3N2/c14-10-7-8(18)5-6-12(10)19-11-4-2-1-3-9(11)13(15,16)17/h1-7,19H,18H2. The Morgan fingerprint density at radius 2 is 1.68 bits per heavy atom. The third-order valence-corrected chi connectivity index (χ3v) is 2.81. The first-order valence-corrected chi connectivity index (χ1v) is 5.74. The number of nitrogens with two attached hydrogens (primary N) is 1. The minimum atomic E-state index is -4.43. The molecule has 0 radical (unpaired) electrons. The van der Waals surface area contributed by atoms with Crippen LogP contribution in [0.25, 0.3) is 0 Å². The van der Waals surface area contributed by atoms with Gasteiger partial charge in [0.05, 0.1) is 22.0 Å². The molecule has 0 amide bonds. The first kappa shape index (κ1) is 13.5. The minimum Gasteiger partial charge on any atom is -0.399 e. The van der Waals surface area contributed by atoms with Gasteiger partial charge in [0.1, 0.15) is 0 Å². The summed E-state index contributed by atoms with van der Waals surface area (Å²) in [6, 6.07) is 9.76. The van der Waals surface area contributed by atoms with Crippen molar-refractivity contribution in [3.05, 3.63) is 53.1 Å². The fourth-order valence-corrected chi connectivity index (χ4v) is 1.85. The molecular formula is C13H10ClF3N2. The van der Waals surface area contributed by atoms with Gasteiger partial charge in [-0.05, 0) is 30.3 Å². The Morgan fingerprint density at radius 3 is 2.32 bits per heavy atom. The van der Waals surface area contributed by atoms with Gasteiger partial charge in [-0.2, -0.15) is 13.2 Å². The molecule has 19 heavy (non-hydrogen) atoms. The lowest BCUT2D eigenvalue weighted by molar-refractivity contribution is -0.136. The molecule has 0 aliphatic rings. The van der Waals surface area contributed by atoms with E-state index in [4.69, 9.17) is 17.3 Å². The molecule has 0 unspecified atom stereocenters. The zero-order valence-electron chi connectivity index (χ0n) is 9.63. The van der Waals surface area contributed by atoms with Crippen molar-refractivity contribution in [2.75, 3.05) is 11.1 Å². The molecule has 0 bridgehead atoms. The number of rotatable bonds is 2. The van der Waals surface area contributed by atoms with Crippen LogP contribution in [0, 0.1) is 0 Å². The Labute approximate surface area is 113 Å². The number of benzene rings is 2. The van der Waals surface area contributed by atoms with Crippen molar-refractivity contribution in [1.82, 2.24) is 0 Å². The van der Waals surface area contributed by atoms with Crippen LogP contribution in [0.15, 0.2) is 42.5 Å². The number of para-hydroxylation sites is 1. The Morgan fingerprint density at radius 1 is 1.00 bits per heavy atom. The van der Waals surface area contributed by atoms with E-state index < -0.39 is 11.7 Å². The number of nitrogen functional groups attached to an aromatic ring is 1. The highest BCUT2D eigenvalue weighted by atomic mass is 35.5. The maximum atomic E-state index is 12.8. The number of anilines is 3. The third-order valence-electron chi connectivity index (χ3n) is 2.49. The molecule has 3 N–H and O–H groups in total. The van der Waals surface area contributed by atoms with E-state index in [1.165, 1.54) is 30.3 Å². The quantitative estimate of drug-likeness (QED) is 0.786. The number of halogens is 4. The molecular weight excluding hydrogens is 277 g/mol. The van der Waals surface area contributed by atoms with Crippen LogP contribution < -0.4 is 11.1 Å². The van der Waals surface area contributed by atoms with E-state index >= 15 is 0 Å². The highest BCUT2D eigenvalue weighted by Gasteiger charge is 2.33. The van der Waals surface area contributed by atoms with E-state index in [2.05, 4.69) is 5.32 Å². The Bertz CT molecular complexity index is 597. The van der Waals surface area contributed by atoms with Gasteiger partial charge in [-0.1, -0.05) is 23.7 Å². The van der Waals surface area contributed by atoms with Crippen molar-refractivity contribution in [3.63, 3.8) is 0 Å². The summed E-state index contributed by atoms with van der Waals surface area (Å²) in [6.07, 6.45) is -4.43. The lowest BCUT2D eigenvalue weighted by Gasteiger charge is -2.15. The van der Waals surface area contributed by atoms with Crippen molar-refractivity contribution in [2.24, 2.45) is 0 Å². The fourth-order valence-electron chi connectivity index (χ4n) is 1.62. The highest BCUT2D eigenvalue weighted by molar-refractivity contribution is 6.33. The number of nitrogens with one attached hydrogen (secondary N) is 1. The maximum absolute atomic E-state index is 12.8. The summed E-state index contributed by atoms with van der Waals surface area (Å²) < 4.78 is 38.5. The van der Waals surface area contributed by atoms with Gasteiger partial charge in [-0.25, -0.2) is 0 Å². The van der Waals surface area contributed by atoms with Crippen LogP contribution in [0.2, 0.25) is 5.02 Å². The average molecular weight is 287 g/mol. The van der Waals surface area contributed by atoms with E-state index in [1.54, 1.807) is 6.07 Å². The lowest BCUT2D eigenvalue weighted by Crippen LogP contribution is -2.08. The maximum Gasteiger partial charge on any atom is 0.418 e. The summed E-state index contributed by atoms with van der Waals surface area (Å²) in [7, 11) is 0. The van der Waals surface area contributed by atoms with Crippen LogP contribution in [-0.4, -0.2) is 0 Å². The normalized spacial score (nSPS) is 11.4. The van der Waals surface area contributed by atoms with Crippen LogP contribution in [0.5, 0.6) is 0 Å². The van der Waals surface area contributed by atoms with Crippen LogP contribution in [0.3, 0.4) is 0 Å². The second kappa shape index (κ2) is 5.01. The summed E-state index contributed by atoms with van der Waals surface area (Å²) in [5, 5.41) is 2.93. The smallest absolute Gasteiger partial charge is 0.399 e. The van der Waals surface area contributed by atoms with Crippen molar-refractivity contribution < 1.29 is 13.2 Å². The van der Waals surface area contributed by atoms with Crippen LogP contribution in [0.1, 0.15) is 5.56 Å². The van der Waals surface area contributed by atoms with Crippen LogP contribution >= 0.6 is 11.6 Å². The zero-order valence-corrected chi connectivity index (χ0v) is 10.4. The van der Waals surface area contributed by atoms with Crippen LogP contribution in [0.4, 0.5) is 30.2 Å². The van der Waals surface area contributed by atoms with Gasteiger partial charge in [-0.3, -0.25) is 0 Å². The number of alkyl halides is 3. The van der Waals surface area contributed by atoms with Gasteiger partial charge >= 0.3 is 6.18 Å². The summed E-state index contributed by atoms with van der Waals surface area (Å²) in [4.78, 5) is 0. The van der Waals surface area contributed by atoms with Crippen molar-refractivity contribution >= 4 is 28.7 Å². The van der Waals surface area contributed by atoms with E-state index in [-0.39, 0.29) is 10.7 Å². The monoisotopic (exact) mass is 286 g/mol. The van der Waals surface area contributed by atoms with E-state index in [0.29, 0.717) is 11.4 Å². The van der Waals surface area contributed by atoms with Gasteiger partial charge in [0.15, 0.2) is 0 Å². The molecule has 0 aliphatic carbocycles. The molecule has 0 aromatic heterocycles. The third kappa shape index (κ3) is 3.12. The highest BCUT2D eigenvalue weighted by Crippen LogP contribution is 2.37. The van der Waals surface area contributed by atoms with Crippen molar-refractivity contribution in [2.45, 2.75) is 6.18 Å². The molecule has 0 atom stereocenters. The fraction of sp³-hybridized carbons (Fsp3) is 0.0769. The van der Waals surface area contributed by atoms with Crippen molar-refractivity contribution in [1.29, 1.82) is 0 Å². The molecule has 2 nitrogen and oxygen atoms in total. The van der Waals surface area contributed by atoms with Crippen molar-refractivity contribution in [3.8, 4) is 0 Å². The van der Waals surface area contributed by atoms with Gasteiger partial charge in [0, 0.05) is 5.69 Å². The topological polar surface area (TPSA) is 38.0 Å². The Kier molecular flexibility index (Phi) is 3.57. The summed E-state index contributed by atoms with van der Waals surface area (Å²) >= 11 is 5.92. The van der Waals surface area contributed by atoms with Gasteiger partial charge in [-0.15, -0.1) is 0 Å². The molecule has 0 heterocycles. The molecule has 6 heteroatoms. The van der Waals surface area contributed by atoms with Crippen LogP contribution in [-0.2, 0) is 6.18 Å². The van der Waals surface area contributed by atoms with E-state index in [1.807, 2.05) is 0 Å². The second-order valence-electron chi connectivity index (χ2n) is 3.91. The Hall–Kier alpha value is -1.88. The molecule has 0 fully saturated rings. The zero-order chi connectivity index (χ0) is 14.0. The lowest BCUT2D eigenvalue weighted by atomic mass is 10.1. The van der Waals surface area contributed by atoms with Gasteiger partial charge in [0.25, 0.3) is 0 Å². The first-order valence-electron chi connectivity index (χ1n) is 5.36. The Balaban J connectivity index is 2.39. The number of hydrogen-bond acceptors (Lipinski definition) is 2. The second-order valence-corrected chi connectivity index (χ2v) is 4.31. The summed E-state index contributed by atoms with van der Waals surface area (Å²) in [5.74, 6) is 0. The molecule has 0 spiro atoms.